The summed E-state index contributed by atoms with van der Waals surface area (Å²) in [6.45, 7) is 9.06. The fourth-order valence-corrected chi connectivity index (χ4v) is 2.70. The number of likely N-dealkylation sites (tertiary alicyclic amines) is 1. The lowest BCUT2D eigenvalue weighted by Crippen LogP contribution is -2.44. The summed E-state index contributed by atoms with van der Waals surface area (Å²) in [7, 11) is 3.37. The molecule has 0 aromatic carbocycles. The molecule has 1 aliphatic heterocycles. The summed E-state index contributed by atoms with van der Waals surface area (Å²) in [5.74, 6) is 0.785. The lowest BCUT2D eigenvalue weighted by atomic mass is 9.90. The summed E-state index contributed by atoms with van der Waals surface area (Å²) >= 11 is 0. The van der Waals surface area contributed by atoms with Crippen LogP contribution in [0.1, 0.15) is 33.1 Å². The fourth-order valence-electron chi connectivity index (χ4n) is 2.70. The minimum atomic E-state index is -0.132. The lowest BCUT2D eigenvalue weighted by molar-refractivity contribution is -0.100. The standard InChI is InChI=1S/C14H30N2O2/c1-5-8-16-9-6-13(7-10-16)12(2)15-11-14(17-3)18-4/h12-15H,5-11H2,1-4H3. The third-order valence-electron chi connectivity index (χ3n) is 4.01. The molecule has 0 aliphatic carbocycles. The smallest absolute Gasteiger partial charge is 0.169 e. The van der Waals surface area contributed by atoms with Crippen LogP contribution in [0.5, 0.6) is 0 Å². The molecule has 1 unspecified atom stereocenters. The van der Waals surface area contributed by atoms with Crippen molar-refractivity contribution in [2.75, 3.05) is 40.4 Å². The minimum absolute atomic E-state index is 0.132. The summed E-state index contributed by atoms with van der Waals surface area (Å²) in [5.41, 5.74) is 0. The molecule has 0 aromatic rings. The Morgan fingerprint density at radius 2 is 1.83 bits per heavy atom. The molecule has 108 valence electrons. The average molecular weight is 258 g/mol. The Bertz CT molecular complexity index is 202. The maximum Gasteiger partial charge on any atom is 0.169 e. The molecule has 0 bridgehead atoms. The van der Waals surface area contributed by atoms with Crippen molar-refractivity contribution >= 4 is 0 Å². The number of rotatable bonds is 8. The fraction of sp³-hybridized carbons (Fsp3) is 1.00. The predicted octanol–water partition coefficient (Wildman–Crippen LogP) is 1.71. The van der Waals surface area contributed by atoms with Crippen LogP contribution in [-0.2, 0) is 9.47 Å². The second-order valence-corrected chi connectivity index (χ2v) is 5.28. The van der Waals surface area contributed by atoms with E-state index < -0.39 is 0 Å². The monoisotopic (exact) mass is 258 g/mol. The van der Waals surface area contributed by atoms with Crippen LogP contribution >= 0.6 is 0 Å². The van der Waals surface area contributed by atoms with Crippen molar-refractivity contribution in [2.45, 2.75) is 45.4 Å². The Morgan fingerprint density at radius 3 is 2.33 bits per heavy atom. The first-order valence-corrected chi connectivity index (χ1v) is 7.22. The van der Waals surface area contributed by atoms with Gasteiger partial charge in [-0.05, 0) is 51.7 Å². The molecule has 1 aliphatic rings. The van der Waals surface area contributed by atoms with Crippen LogP contribution in [0.3, 0.4) is 0 Å². The second kappa shape index (κ2) is 8.86. The number of piperidine rings is 1. The third kappa shape index (κ3) is 5.22. The molecule has 1 saturated heterocycles. The number of hydrogen-bond acceptors (Lipinski definition) is 4. The first-order chi connectivity index (χ1) is 8.71. The Hall–Kier alpha value is -0.160. The van der Waals surface area contributed by atoms with Gasteiger partial charge in [-0.3, -0.25) is 0 Å². The van der Waals surface area contributed by atoms with Crippen molar-refractivity contribution in [3.05, 3.63) is 0 Å². The topological polar surface area (TPSA) is 33.7 Å². The highest BCUT2D eigenvalue weighted by molar-refractivity contribution is 4.79. The first kappa shape index (κ1) is 15.9. The van der Waals surface area contributed by atoms with E-state index in [-0.39, 0.29) is 6.29 Å². The summed E-state index contributed by atoms with van der Waals surface area (Å²) in [5, 5.41) is 3.53. The van der Waals surface area contributed by atoms with Crippen molar-refractivity contribution in [3.63, 3.8) is 0 Å². The normalized spacial score (nSPS) is 20.5. The Balaban J connectivity index is 2.21. The molecule has 1 heterocycles. The van der Waals surface area contributed by atoms with Crippen LogP contribution in [-0.4, -0.2) is 57.6 Å². The molecular formula is C14H30N2O2. The van der Waals surface area contributed by atoms with Gasteiger partial charge < -0.3 is 19.7 Å². The van der Waals surface area contributed by atoms with Gasteiger partial charge in [-0.1, -0.05) is 6.92 Å². The summed E-state index contributed by atoms with van der Waals surface area (Å²) in [4.78, 5) is 2.58. The minimum Gasteiger partial charge on any atom is -0.355 e. The number of nitrogens with zero attached hydrogens (tertiary/aromatic N) is 1. The van der Waals surface area contributed by atoms with E-state index in [9.17, 15) is 0 Å². The molecule has 1 fully saturated rings. The van der Waals surface area contributed by atoms with Gasteiger partial charge in [0, 0.05) is 26.8 Å². The zero-order chi connectivity index (χ0) is 13.4. The molecule has 0 radical (unpaired) electrons. The zero-order valence-electron chi connectivity index (χ0n) is 12.4. The van der Waals surface area contributed by atoms with Gasteiger partial charge in [0.25, 0.3) is 0 Å². The Kier molecular flexibility index (Phi) is 7.82. The number of hydrogen-bond donors (Lipinski definition) is 1. The first-order valence-electron chi connectivity index (χ1n) is 7.22. The van der Waals surface area contributed by atoms with E-state index in [1.165, 1.54) is 38.9 Å². The largest absolute Gasteiger partial charge is 0.355 e. The van der Waals surface area contributed by atoms with Gasteiger partial charge in [-0.25, -0.2) is 0 Å². The van der Waals surface area contributed by atoms with Crippen molar-refractivity contribution in [1.82, 2.24) is 10.2 Å². The number of ether oxygens (including phenoxy) is 2. The highest BCUT2D eigenvalue weighted by atomic mass is 16.7. The van der Waals surface area contributed by atoms with Crippen LogP contribution in [0.15, 0.2) is 0 Å². The van der Waals surface area contributed by atoms with Gasteiger partial charge in [-0.2, -0.15) is 0 Å². The van der Waals surface area contributed by atoms with E-state index in [1.54, 1.807) is 14.2 Å². The van der Waals surface area contributed by atoms with E-state index in [1.807, 2.05) is 0 Å². The van der Waals surface area contributed by atoms with Gasteiger partial charge in [0.05, 0.1) is 0 Å². The quantitative estimate of drug-likeness (QED) is 0.672. The molecule has 4 heteroatoms. The van der Waals surface area contributed by atoms with Gasteiger partial charge >= 0.3 is 0 Å². The summed E-state index contributed by atoms with van der Waals surface area (Å²) < 4.78 is 10.4. The SMILES string of the molecule is CCCN1CCC(C(C)NCC(OC)OC)CC1. The Morgan fingerprint density at radius 1 is 1.22 bits per heavy atom. The maximum absolute atomic E-state index is 5.19. The maximum atomic E-state index is 5.19. The summed E-state index contributed by atoms with van der Waals surface area (Å²) in [6.07, 6.45) is 3.74. The molecule has 1 atom stereocenters. The number of nitrogens with one attached hydrogen (secondary N) is 1. The molecule has 1 rings (SSSR count). The van der Waals surface area contributed by atoms with E-state index in [4.69, 9.17) is 9.47 Å². The van der Waals surface area contributed by atoms with Crippen LogP contribution in [0.25, 0.3) is 0 Å². The number of methoxy groups -OCH3 is 2. The van der Waals surface area contributed by atoms with Gasteiger partial charge in [0.2, 0.25) is 0 Å². The van der Waals surface area contributed by atoms with Gasteiger partial charge in [0.15, 0.2) is 6.29 Å². The van der Waals surface area contributed by atoms with E-state index in [0.717, 1.165) is 12.5 Å². The van der Waals surface area contributed by atoms with E-state index in [0.29, 0.717) is 6.04 Å². The third-order valence-corrected chi connectivity index (χ3v) is 4.01. The van der Waals surface area contributed by atoms with Crippen LogP contribution in [0, 0.1) is 5.92 Å². The van der Waals surface area contributed by atoms with Crippen LogP contribution in [0.4, 0.5) is 0 Å². The van der Waals surface area contributed by atoms with E-state index >= 15 is 0 Å². The second-order valence-electron chi connectivity index (χ2n) is 5.28. The van der Waals surface area contributed by atoms with Crippen molar-refractivity contribution in [2.24, 2.45) is 5.92 Å². The molecule has 4 nitrogen and oxygen atoms in total. The van der Waals surface area contributed by atoms with Crippen molar-refractivity contribution in [1.29, 1.82) is 0 Å². The lowest BCUT2D eigenvalue weighted by Gasteiger charge is -2.35. The predicted molar refractivity (Wildman–Crippen MR) is 74.7 cm³/mol. The van der Waals surface area contributed by atoms with Crippen molar-refractivity contribution in [3.8, 4) is 0 Å². The zero-order valence-corrected chi connectivity index (χ0v) is 12.4. The van der Waals surface area contributed by atoms with Crippen LogP contribution in [0.2, 0.25) is 0 Å². The van der Waals surface area contributed by atoms with Gasteiger partial charge in [-0.15, -0.1) is 0 Å². The van der Waals surface area contributed by atoms with E-state index in [2.05, 4.69) is 24.1 Å². The highest BCUT2D eigenvalue weighted by Crippen LogP contribution is 2.20. The van der Waals surface area contributed by atoms with Gasteiger partial charge in [0.1, 0.15) is 0 Å². The molecule has 0 amide bonds. The molecule has 0 aromatic heterocycles. The molecule has 1 N–H and O–H groups in total. The highest BCUT2D eigenvalue weighted by Gasteiger charge is 2.23. The summed E-state index contributed by atoms with van der Waals surface area (Å²) in [6, 6.07) is 0.543. The molecule has 18 heavy (non-hydrogen) atoms. The molecule has 0 saturated carbocycles. The average Bonchev–Trinajstić information content (AvgIpc) is 2.41. The van der Waals surface area contributed by atoms with Crippen molar-refractivity contribution < 1.29 is 9.47 Å². The molecular weight excluding hydrogens is 228 g/mol. The Labute approximate surface area is 112 Å². The van der Waals surface area contributed by atoms with Crippen LogP contribution < -0.4 is 5.32 Å². The molecule has 0 spiro atoms.